The Morgan fingerprint density at radius 3 is 1.28 bits per heavy atom. The Balaban J connectivity index is 1.83. The lowest BCUT2D eigenvalue weighted by molar-refractivity contribution is -0.0318. The van der Waals surface area contributed by atoms with Gasteiger partial charge in [-0.15, -0.1) is 0 Å². The van der Waals surface area contributed by atoms with Crippen molar-refractivity contribution in [1.29, 1.82) is 0 Å². The van der Waals surface area contributed by atoms with E-state index in [2.05, 4.69) is 0 Å². The lowest BCUT2D eigenvalue weighted by Gasteiger charge is -2.19. The summed E-state index contributed by atoms with van der Waals surface area (Å²) in [4.78, 5) is 0.131. The molecule has 0 fully saturated rings. The summed E-state index contributed by atoms with van der Waals surface area (Å²) in [6.45, 7) is 6.58. The second kappa shape index (κ2) is 9.82. The largest absolute Gasteiger partial charge is 0.371 e. The Morgan fingerprint density at radius 2 is 0.966 bits per heavy atom. The van der Waals surface area contributed by atoms with E-state index in [9.17, 15) is 16.8 Å². The maximum Gasteiger partial charge on any atom is 0.297 e. The summed E-state index contributed by atoms with van der Waals surface area (Å²) in [6.07, 6.45) is -1.17. The molecule has 0 heterocycles. The van der Waals surface area contributed by atoms with Crippen molar-refractivity contribution < 1.29 is 29.9 Å². The molecule has 0 amide bonds. The maximum atomic E-state index is 12.2. The van der Waals surface area contributed by atoms with E-state index in [4.69, 9.17) is 13.1 Å². The molecule has 9 heteroatoms. The van der Waals surface area contributed by atoms with Crippen LogP contribution in [0.5, 0.6) is 0 Å². The highest BCUT2D eigenvalue weighted by Gasteiger charge is 2.20. The summed E-state index contributed by atoms with van der Waals surface area (Å²) < 4.78 is 64.4. The normalized spacial score (nSPS) is 14.5. The van der Waals surface area contributed by atoms with E-state index in [0.29, 0.717) is 0 Å². The Bertz CT molecular complexity index is 912. The number of aryl methyl sites for hydroxylation is 2. The number of hydrogen-bond donors (Lipinski definition) is 0. The fraction of sp³-hybridized carbons (Fsp3) is 0.400. The molecule has 0 spiro atoms. The zero-order chi connectivity index (χ0) is 21.7. The number of benzene rings is 2. The van der Waals surface area contributed by atoms with Crippen LogP contribution in [0.15, 0.2) is 58.3 Å². The van der Waals surface area contributed by atoms with Gasteiger partial charge in [0, 0.05) is 0 Å². The second-order valence-corrected chi connectivity index (χ2v) is 10.1. The SMILES string of the molecule is Cc1ccc(S(=O)(=O)OC[C@H](C)O[C@@H](C)COS(=O)(=O)c2ccc(C)cc2)cc1. The van der Waals surface area contributed by atoms with E-state index in [1.807, 2.05) is 13.8 Å². The van der Waals surface area contributed by atoms with Crippen LogP contribution in [0.2, 0.25) is 0 Å². The van der Waals surface area contributed by atoms with Crippen molar-refractivity contribution in [2.45, 2.75) is 49.7 Å². The molecule has 0 aromatic heterocycles. The molecule has 0 unspecified atom stereocenters. The third-order valence-electron chi connectivity index (χ3n) is 4.00. The van der Waals surface area contributed by atoms with Gasteiger partial charge in [-0.1, -0.05) is 35.4 Å². The Morgan fingerprint density at radius 1 is 0.655 bits per heavy atom. The van der Waals surface area contributed by atoms with E-state index in [1.165, 1.54) is 24.3 Å². The second-order valence-electron chi connectivity index (χ2n) is 6.86. The first-order valence-electron chi connectivity index (χ1n) is 9.07. The van der Waals surface area contributed by atoms with Crippen LogP contribution in [0.1, 0.15) is 25.0 Å². The molecule has 0 saturated carbocycles. The molecule has 0 bridgehead atoms. The molecule has 0 radical (unpaired) electrons. The van der Waals surface area contributed by atoms with Gasteiger partial charge in [0.2, 0.25) is 0 Å². The summed E-state index contributed by atoms with van der Waals surface area (Å²) in [5.41, 5.74) is 1.88. The van der Waals surface area contributed by atoms with Crippen LogP contribution < -0.4 is 0 Å². The molecular weight excluding hydrogens is 416 g/mol. The van der Waals surface area contributed by atoms with Gasteiger partial charge >= 0.3 is 0 Å². The van der Waals surface area contributed by atoms with Gasteiger partial charge in [0.25, 0.3) is 20.2 Å². The first-order valence-corrected chi connectivity index (χ1v) is 11.9. The Hall–Kier alpha value is -1.78. The van der Waals surface area contributed by atoms with Crippen LogP contribution in [0, 0.1) is 13.8 Å². The quantitative estimate of drug-likeness (QED) is 0.521. The molecule has 2 rings (SSSR count). The van der Waals surface area contributed by atoms with Gasteiger partial charge in [-0.2, -0.15) is 16.8 Å². The van der Waals surface area contributed by atoms with E-state index in [-0.39, 0.29) is 23.0 Å². The molecule has 160 valence electrons. The van der Waals surface area contributed by atoms with Crippen LogP contribution >= 0.6 is 0 Å². The van der Waals surface area contributed by atoms with E-state index in [1.54, 1.807) is 38.1 Å². The molecular formula is C20H26O7S2. The molecule has 0 aliphatic carbocycles. The lowest BCUT2D eigenvalue weighted by Crippen LogP contribution is -2.27. The third kappa shape index (κ3) is 7.20. The predicted molar refractivity (Wildman–Crippen MR) is 109 cm³/mol. The minimum atomic E-state index is -3.89. The van der Waals surface area contributed by atoms with E-state index >= 15 is 0 Å². The maximum absolute atomic E-state index is 12.2. The number of ether oxygens (including phenoxy) is 1. The Kier molecular flexibility index (Phi) is 7.95. The first kappa shape index (κ1) is 23.5. The van der Waals surface area contributed by atoms with E-state index in [0.717, 1.165) is 11.1 Å². The van der Waals surface area contributed by atoms with Gasteiger partial charge in [-0.3, -0.25) is 8.37 Å². The molecule has 0 N–H and O–H groups in total. The summed E-state index contributed by atoms with van der Waals surface area (Å²) in [5, 5.41) is 0. The van der Waals surface area contributed by atoms with Gasteiger partial charge in [0.15, 0.2) is 0 Å². The van der Waals surface area contributed by atoms with Crippen molar-refractivity contribution in [2.24, 2.45) is 0 Å². The van der Waals surface area contributed by atoms with E-state index < -0.39 is 32.4 Å². The number of rotatable bonds is 10. The Labute approximate surface area is 172 Å². The summed E-state index contributed by atoms with van der Waals surface area (Å²) in [7, 11) is -7.78. The molecule has 0 aliphatic heterocycles. The topological polar surface area (TPSA) is 96.0 Å². The highest BCUT2D eigenvalue weighted by atomic mass is 32.2. The minimum Gasteiger partial charge on any atom is -0.371 e. The fourth-order valence-corrected chi connectivity index (χ4v) is 4.34. The van der Waals surface area contributed by atoms with Gasteiger partial charge < -0.3 is 4.74 Å². The van der Waals surface area contributed by atoms with Crippen LogP contribution in [0.25, 0.3) is 0 Å². The van der Waals surface area contributed by atoms with Gasteiger partial charge in [0.1, 0.15) is 0 Å². The minimum absolute atomic E-state index is 0.0656. The summed E-state index contributed by atoms with van der Waals surface area (Å²) in [6, 6.07) is 12.6. The van der Waals surface area contributed by atoms with Crippen molar-refractivity contribution in [2.75, 3.05) is 13.2 Å². The molecule has 2 aromatic rings. The fourth-order valence-electron chi connectivity index (χ4n) is 2.39. The van der Waals surface area contributed by atoms with Crippen LogP contribution in [-0.2, 0) is 33.3 Å². The molecule has 0 saturated heterocycles. The van der Waals surface area contributed by atoms with Crippen molar-refractivity contribution in [1.82, 2.24) is 0 Å². The average Bonchev–Trinajstić information content (AvgIpc) is 2.66. The smallest absolute Gasteiger partial charge is 0.297 e. The zero-order valence-corrected chi connectivity index (χ0v) is 18.5. The van der Waals surface area contributed by atoms with Gasteiger partial charge in [0.05, 0.1) is 35.2 Å². The molecule has 29 heavy (non-hydrogen) atoms. The highest BCUT2D eigenvalue weighted by molar-refractivity contribution is 7.87. The summed E-state index contributed by atoms with van der Waals surface area (Å²) >= 11 is 0. The zero-order valence-electron chi connectivity index (χ0n) is 16.9. The predicted octanol–water partition coefficient (Wildman–Crippen LogP) is 3.21. The molecule has 2 atom stereocenters. The van der Waals surface area contributed by atoms with Crippen molar-refractivity contribution >= 4 is 20.2 Å². The first-order chi connectivity index (χ1) is 13.5. The van der Waals surface area contributed by atoms with Crippen LogP contribution in [0.4, 0.5) is 0 Å². The summed E-state index contributed by atoms with van der Waals surface area (Å²) in [5.74, 6) is 0. The van der Waals surface area contributed by atoms with Crippen molar-refractivity contribution in [3.05, 3.63) is 59.7 Å². The van der Waals surface area contributed by atoms with Crippen molar-refractivity contribution in [3.63, 3.8) is 0 Å². The molecule has 7 nitrogen and oxygen atoms in total. The van der Waals surface area contributed by atoms with Gasteiger partial charge in [-0.05, 0) is 52.0 Å². The third-order valence-corrected chi connectivity index (χ3v) is 6.59. The molecule has 2 aromatic carbocycles. The van der Waals surface area contributed by atoms with Crippen LogP contribution in [0.3, 0.4) is 0 Å². The van der Waals surface area contributed by atoms with Crippen LogP contribution in [-0.4, -0.2) is 42.3 Å². The number of hydrogen-bond acceptors (Lipinski definition) is 7. The monoisotopic (exact) mass is 442 g/mol. The lowest BCUT2D eigenvalue weighted by atomic mass is 10.2. The van der Waals surface area contributed by atoms with Crippen molar-refractivity contribution in [3.8, 4) is 0 Å². The highest BCUT2D eigenvalue weighted by Crippen LogP contribution is 2.16. The average molecular weight is 443 g/mol. The standard InChI is InChI=1S/C20H26O7S2/c1-15-5-9-19(10-6-15)28(21,22)25-13-17(3)27-18(4)14-26-29(23,24)20-11-7-16(2)8-12-20/h5-12,17-18H,13-14H2,1-4H3/t17-,18-/m0/s1. The molecule has 0 aliphatic rings. The van der Waals surface area contributed by atoms with Gasteiger partial charge in [-0.25, -0.2) is 0 Å².